The zero-order valence-corrected chi connectivity index (χ0v) is 16.3. The molecule has 0 saturated carbocycles. The van der Waals surface area contributed by atoms with Gasteiger partial charge in [-0.15, -0.1) is 5.10 Å². The first-order valence-electron chi connectivity index (χ1n) is 8.26. The first kappa shape index (κ1) is 17.7. The predicted molar refractivity (Wildman–Crippen MR) is 110 cm³/mol. The quantitative estimate of drug-likeness (QED) is 0.439. The van der Waals surface area contributed by atoms with Crippen molar-refractivity contribution in [3.05, 3.63) is 70.7 Å². The Bertz CT molecular complexity index is 1120. The molecule has 0 aliphatic heterocycles. The number of benzene rings is 3. The summed E-state index contributed by atoms with van der Waals surface area (Å²) < 4.78 is 5.29. The SMILES string of the molecule is COc1ccc2cc(-c3cc(-c4cc(Cl)cc(Cl)c4)nn3OC)ccc2c1. The average molecular weight is 399 g/mol. The molecule has 4 nitrogen and oxygen atoms in total. The van der Waals surface area contributed by atoms with E-state index in [-0.39, 0.29) is 0 Å². The van der Waals surface area contributed by atoms with Crippen molar-refractivity contribution < 1.29 is 9.57 Å². The maximum absolute atomic E-state index is 6.13. The van der Waals surface area contributed by atoms with Gasteiger partial charge in [0.2, 0.25) is 0 Å². The van der Waals surface area contributed by atoms with Gasteiger partial charge in [0, 0.05) is 21.2 Å². The number of methoxy groups -OCH3 is 1. The summed E-state index contributed by atoms with van der Waals surface area (Å²) in [6, 6.07) is 19.5. The molecule has 6 heteroatoms. The van der Waals surface area contributed by atoms with Gasteiger partial charge >= 0.3 is 0 Å². The summed E-state index contributed by atoms with van der Waals surface area (Å²) in [6.45, 7) is 0. The van der Waals surface area contributed by atoms with Crippen molar-refractivity contribution in [2.24, 2.45) is 0 Å². The lowest BCUT2D eigenvalue weighted by Gasteiger charge is -2.07. The molecule has 27 heavy (non-hydrogen) atoms. The van der Waals surface area contributed by atoms with Crippen LogP contribution in [0.1, 0.15) is 0 Å². The largest absolute Gasteiger partial charge is 0.497 e. The number of hydrogen-bond acceptors (Lipinski definition) is 3. The first-order chi connectivity index (χ1) is 13.1. The molecule has 4 rings (SSSR count). The summed E-state index contributed by atoms with van der Waals surface area (Å²) in [5, 5.41) is 7.85. The zero-order chi connectivity index (χ0) is 19.0. The van der Waals surface area contributed by atoms with E-state index < -0.39 is 0 Å². The Morgan fingerprint density at radius 3 is 2.19 bits per heavy atom. The molecule has 4 aromatic rings. The van der Waals surface area contributed by atoms with Crippen LogP contribution in [0.3, 0.4) is 0 Å². The van der Waals surface area contributed by atoms with E-state index in [0.29, 0.717) is 10.0 Å². The van der Waals surface area contributed by atoms with Crippen LogP contribution in [-0.2, 0) is 0 Å². The lowest BCUT2D eigenvalue weighted by Crippen LogP contribution is -2.09. The average Bonchev–Trinajstić information content (AvgIpc) is 3.11. The van der Waals surface area contributed by atoms with Crippen molar-refractivity contribution in [2.75, 3.05) is 14.2 Å². The second-order valence-electron chi connectivity index (χ2n) is 6.06. The minimum Gasteiger partial charge on any atom is -0.497 e. The van der Waals surface area contributed by atoms with Crippen LogP contribution in [0, 0.1) is 0 Å². The van der Waals surface area contributed by atoms with Crippen LogP contribution >= 0.6 is 23.2 Å². The van der Waals surface area contributed by atoms with Gasteiger partial charge in [-0.25, -0.2) is 0 Å². The maximum Gasteiger partial charge on any atom is 0.119 e. The molecule has 0 bridgehead atoms. The third-order valence-electron chi connectivity index (χ3n) is 4.35. The van der Waals surface area contributed by atoms with E-state index in [0.717, 1.165) is 39.0 Å². The Hall–Kier alpha value is -2.69. The number of hydrogen-bond donors (Lipinski definition) is 0. The molecular weight excluding hydrogens is 383 g/mol. The van der Waals surface area contributed by atoms with Gasteiger partial charge in [-0.05, 0) is 53.2 Å². The van der Waals surface area contributed by atoms with Gasteiger partial charge in [0.05, 0.1) is 12.8 Å². The van der Waals surface area contributed by atoms with Crippen LogP contribution in [0.2, 0.25) is 10.0 Å². The molecular formula is C21H16Cl2N2O2. The van der Waals surface area contributed by atoms with E-state index in [1.165, 1.54) is 4.85 Å². The molecule has 0 saturated heterocycles. The molecule has 3 aromatic carbocycles. The molecule has 1 heterocycles. The first-order valence-corrected chi connectivity index (χ1v) is 9.02. The van der Waals surface area contributed by atoms with Crippen LogP contribution in [0.5, 0.6) is 5.75 Å². The van der Waals surface area contributed by atoms with Gasteiger partial charge in [0.1, 0.15) is 18.6 Å². The highest BCUT2D eigenvalue weighted by Gasteiger charge is 2.14. The van der Waals surface area contributed by atoms with Crippen LogP contribution in [0.15, 0.2) is 60.7 Å². The van der Waals surface area contributed by atoms with E-state index in [2.05, 4.69) is 17.2 Å². The Labute approximate surface area is 166 Å². The fourth-order valence-corrected chi connectivity index (χ4v) is 3.58. The third-order valence-corrected chi connectivity index (χ3v) is 4.79. The molecule has 0 fully saturated rings. The summed E-state index contributed by atoms with van der Waals surface area (Å²) in [5.74, 6) is 0.831. The van der Waals surface area contributed by atoms with E-state index in [1.54, 1.807) is 20.3 Å². The van der Waals surface area contributed by atoms with E-state index in [4.69, 9.17) is 32.8 Å². The molecule has 0 radical (unpaired) electrons. The number of ether oxygens (including phenoxy) is 1. The molecule has 0 N–H and O–H groups in total. The molecule has 0 spiro atoms. The smallest absolute Gasteiger partial charge is 0.119 e. The third kappa shape index (κ3) is 3.46. The minimum atomic E-state index is 0.561. The Morgan fingerprint density at radius 2 is 1.48 bits per heavy atom. The Kier molecular flexibility index (Phi) is 4.68. The summed E-state index contributed by atoms with van der Waals surface area (Å²) in [6.07, 6.45) is 0. The fourth-order valence-electron chi connectivity index (χ4n) is 3.05. The molecule has 0 amide bonds. The normalized spacial score (nSPS) is 11.0. The molecule has 0 atom stereocenters. The lowest BCUT2D eigenvalue weighted by molar-refractivity contribution is 0.139. The lowest BCUT2D eigenvalue weighted by atomic mass is 10.0. The number of rotatable bonds is 4. The van der Waals surface area contributed by atoms with Gasteiger partial charge in [-0.2, -0.15) is 0 Å². The number of nitrogens with zero attached hydrogens (tertiary/aromatic N) is 2. The molecule has 0 aliphatic carbocycles. The molecule has 1 aromatic heterocycles. The summed E-state index contributed by atoms with van der Waals surface area (Å²) in [4.78, 5) is 6.93. The summed E-state index contributed by atoms with van der Waals surface area (Å²) in [7, 11) is 3.24. The van der Waals surface area contributed by atoms with Crippen molar-refractivity contribution in [1.29, 1.82) is 0 Å². The topological polar surface area (TPSA) is 36.3 Å². The van der Waals surface area contributed by atoms with Crippen molar-refractivity contribution in [3.8, 4) is 28.3 Å². The van der Waals surface area contributed by atoms with E-state index in [9.17, 15) is 0 Å². The Balaban J connectivity index is 1.81. The number of fused-ring (bicyclic) bond motifs is 1. The monoisotopic (exact) mass is 398 g/mol. The predicted octanol–water partition coefficient (Wildman–Crippen LogP) is 5.74. The molecule has 0 aliphatic rings. The second kappa shape index (κ2) is 7.14. The Morgan fingerprint density at radius 1 is 0.778 bits per heavy atom. The van der Waals surface area contributed by atoms with Gasteiger partial charge < -0.3 is 9.57 Å². The zero-order valence-electron chi connectivity index (χ0n) is 14.7. The van der Waals surface area contributed by atoms with Crippen molar-refractivity contribution in [1.82, 2.24) is 9.94 Å². The standard InChI is InChI=1S/C21H16Cl2N2O2/c1-26-19-6-5-13-7-15(4-3-14(13)10-19)21-12-20(24-25(21)27-2)16-8-17(22)11-18(23)9-16/h3-12H,1-2H3. The highest BCUT2D eigenvalue weighted by molar-refractivity contribution is 6.35. The summed E-state index contributed by atoms with van der Waals surface area (Å²) >= 11 is 12.3. The van der Waals surface area contributed by atoms with Gasteiger partial charge in [-0.3, -0.25) is 0 Å². The number of halogens is 2. The second-order valence-corrected chi connectivity index (χ2v) is 6.93. The fraction of sp³-hybridized carbons (Fsp3) is 0.0952. The van der Waals surface area contributed by atoms with Crippen LogP contribution in [0.4, 0.5) is 0 Å². The maximum atomic E-state index is 6.13. The molecule has 136 valence electrons. The van der Waals surface area contributed by atoms with E-state index >= 15 is 0 Å². The van der Waals surface area contributed by atoms with E-state index in [1.807, 2.05) is 42.5 Å². The van der Waals surface area contributed by atoms with Crippen LogP contribution in [-0.4, -0.2) is 24.2 Å². The van der Waals surface area contributed by atoms with Crippen molar-refractivity contribution in [2.45, 2.75) is 0 Å². The summed E-state index contributed by atoms with van der Waals surface area (Å²) in [5.41, 5.74) is 3.38. The van der Waals surface area contributed by atoms with Crippen LogP contribution < -0.4 is 9.57 Å². The van der Waals surface area contributed by atoms with Gasteiger partial charge in [-0.1, -0.05) is 46.2 Å². The van der Waals surface area contributed by atoms with Crippen molar-refractivity contribution >= 4 is 34.0 Å². The van der Waals surface area contributed by atoms with Crippen LogP contribution in [0.25, 0.3) is 33.3 Å². The number of aromatic nitrogens is 2. The van der Waals surface area contributed by atoms with Gasteiger partial charge in [0.25, 0.3) is 0 Å². The van der Waals surface area contributed by atoms with Gasteiger partial charge in [0.15, 0.2) is 0 Å². The highest BCUT2D eigenvalue weighted by Crippen LogP contribution is 2.31. The van der Waals surface area contributed by atoms with Crippen molar-refractivity contribution in [3.63, 3.8) is 0 Å². The highest BCUT2D eigenvalue weighted by atomic mass is 35.5. The molecule has 0 unspecified atom stereocenters. The minimum absolute atomic E-state index is 0.561.